The lowest BCUT2D eigenvalue weighted by molar-refractivity contribution is -0.117. The number of aromatic nitrogens is 2. The van der Waals surface area contributed by atoms with Crippen molar-refractivity contribution in [1.29, 1.82) is 0 Å². The van der Waals surface area contributed by atoms with Crippen molar-refractivity contribution in [3.63, 3.8) is 0 Å². The van der Waals surface area contributed by atoms with Crippen molar-refractivity contribution in [3.8, 4) is 0 Å². The minimum Gasteiger partial charge on any atom is -0.300 e. The van der Waals surface area contributed by atoms with Crippen LogP contribution in [0.3, 0.4) is 0 Å². The van der Waals surface area contributed by atoms with E-state index in [9.17, 15) is 4.79 Å². The van der Waals surface area contributed by atoms with Crippen molar-refractivity contribution in [2.75, 3.05) is 5.32 Å². The summed E-state index contributed by atoms with van der Waals surface area (Å²) < 4.78 is 0. The Morgan fingerprint density at radius 1 is 1.36 bits per heavy atom. The fourth-order valence-corrected chi connectivity index (χ4v) is 4.40. The first-order chi connectivity index (χ1) is 10.6. The van der Waals surface area contributed by atoms with Crippen LogP contribution in [0.2, 0.25) is 0 Å². The predicted octanol–water partition coefficient (Wildman–Crippen LogP) is 3.50. The largest absolute Gasteiger partial charge is 0.300 e. The molecule has 0 saturated heterocycles. The zero-order valence-electron chi connectivity index (χ0n) is 12.8. The number of nitrogens with one attached hydrogen (secondary N) is 1. The molecule has 4 rings (SSSR count). The van der Waals surface area contributed by atoms with Crippen molar-refractivity contribution in [2.24, 2.45) is 5.92 Å². The van der Waals surface area contributed by atoms with Gasteiger partial charge in [0.05, 0.1) is 0 Å². The van der Waals surface area contributed by atoms with Gasteiger partial charge in [0, 0.05) is 17.3 Å². The number of carbonyl (C=O) groups is 1. The van der Waals surface area contributed by atoms with E-state index in [1.165, 1.54) is 22.5 Å². The molecule has 4 nitrogen and oxygen atoms in total. The first-order valence-corrected chi connectivity index (χ1v) is 8.64. The fourth-order valence-electron chi connectivity index (χ4n) is 3.65. The van der Waals surface area contributed by atoms with Crippen LogP contribution in [-0.2, 0) is 16.6 Å². The van der Waals surface area contributed by atoms with Gasteiger partial charge < -0.3 is 5.32 Å². The Morgan fingerprint density at radius 3 is 2.95 bits per heavy atom. The highest BCUT2D eigenvalue weighted by molar-refractivity contribution is 7.15. The molecule has 2 aromatic rings. The van der Waals surface area contributed by atoms with Crippen molar-refractivity contribution >= 4 is 22.4 Å². The molecule has 2 aliphatic rings. The van der Waals surface area contributed by atoms with Gasteiger partial charge in [0.2, 0.25) is 11.0 Å². The molecule has 1 spiro atoms. The van der Waals surface area contributed by atoms with Crippen molar-refractivity contribution < 1.29 is 4.79 Å². The summed E-state index contributed by atoms with van der Waals surface area (Å²) in [5.41, 5.74) is 2.89. The molecule has 1 amide bonds. The van der Waals surface area contributed by atoms with Gasteiger partial charge in [-0.05, 0) is 30.4 Å². The molecule has 1 saturated carbocycles. The number of anilines is 1. The van der Waals surface area contributed by atoms with Gasteiger partial charge in [-0.25, -0.2) is 0 Å². The number of benzene rings is 1. The van der Waals surface area contributed by atoms with Gasteiger partial charge in [-0.1, -0.05) is 49.4 Å². The Balaban J connectivity index is 1.49. The number of fused-ring (bicyclic) bond motifs is 2. The third kappa shape index (κ3) is 2.07. The van der Waals surface area contributed by atoms with Crippen molar-refractivity contribution in [1.82, 2.24) is 10.2 Å². The number of nitrogens with zero attached hydrogens (tertiary/aromatic N) is 2. The zero-order valence-corrected chi connectivity index (χ0v) is 13.6. The molecule has 1 fully saturated rings. The topological polar surface area (TPSA) is 54.9 Å². The maximum atomic E-state index is 12.6. The molecule has 1 heterocycles. The SMILES string of the molecule is CC(C)c1nnc(NC(=O)C2CC23CCc2ccccc23)s1. The molecule has 0 radical (unpaired) electrons. The van der Waals surface area contributed by atoms with E-state index >= 15 is 0 Å². The van der Waals surface area contributed by atoms with Crippen LogP contribution in [0.15, 0.2) is 24.3 Å². The number of amides is 1. The lowest BCUT2D eigenvalue weighted by Gasteiger charge is -2.10. The summed E-state index contributed by atoms with van der Waals surface area (Å²) in [5.74, 6) is 0.530. The first-order valence-electron chi connectivity index (χ1n) is 7.83. The molecular formula is C17H19N3OS. The van der Waals surface area contributed by atoms with Crippen molar-refractivity contribution in [3.05, 3.63) is 40.4 Å². The molecule has 1 aromatic heterocycles. The number of hydrogen-bond acceptors (Lipinski definition) is 4. The van der Waals surface area contributed by atoms with Gasteiger partial charge >= 0.3 is 0 Å². The molecule has 2 aliphatic carbocycles. The molecule has 114 valence electrons. The zero-order chi connectivity index (χ0) is 15.3. The number of rotatable bonds is 3. The molecule has 2 unspecified atom stereocenters. The Bertz CT molecular complexity index is 739. The van der Waals surface area contributed by atoms with E-state index < -0.39 is 0 Å². The van der Waals surface area contributed by atoms with E-state index in [0.29, 0.717) is 11.0 Å². The maximum Gasteiger partial charge on any atom is 0.230 e. The quantitative estimate of drug-likeness (QED) is 0.943. The highest BCUT2D eigenvalue weighted by atomic mass is 32.1. The standard InChI is InChI=1S/C17H19N3OS/c1-10(2)15-19-20-16(22-15)18-14(21)13-9-17(13)8-7-11-5-3-4-6-12(11)17/h3-6,10,13H,7-9H2,1-2H3,(H,18,20,21). The summed E-state index contributed by atoms with van der Waals surface area (Å²) in [5, 5.41) is 12.8. The number of hydrogen-bond donors (Lipinski definition) is 1. The van der Waals surface area contributed by atoms with Crippen LogP contribution in [0.4, 0.5) is 5.13 Å². The summed E-state index contributed by atoms with van der Waals surface area (Å²) in [4.78, 5) is 12.6. The number of aryl methyl sites for hydroxylation is 1. The summed E-state index contributed by atoms with van der Waals surface area (Å²) in [7, 11) is 0. The second-order valence-corrected chi connectivity index (χ2v) is 7.67. The summed E-state index contributed by atoms with van der Waals surface area (Å²) in [6.45, 7) is 4.16. The van der Waals surface area contributed by atoms with Crippen LogP contribution in [0.25, 0.3) is 0 Å². The van der Waals surface area contributed by atoms with E-state index in [0.717, 1.165) is 24.3 Å². The van der Waals surface area contributed by atoms with Gasteiger partial charge in [-0.3, -0.25) is 4.79 Å². The van der Waals surface area contributed by atoms with Crippen LogP contribution >= 0.6 is 11.3 Å². The van der Waals surface area contributed by atoms with E-state index in [1.807, 2.05) is 0 Å². The number of carbonyl (C=O) groups excluding carboxylic acids is 1. The fraction of sp³-hybridized carbons (Fsp3) is 0.471. The van der Waals surface area contributed by atoms with Gasteiger partial charge in [-0.15, -0.1) is 10.2 Å². The maximum absolute atomic E-state index is 12.6. The lowest BCUT2D eigenvalue weighted by Crippen LogP contribution is -2.19. The molecule has 5 heteroatoms. The van der Waals surface area contributed by atoms with Crippen LogP contribution in [0.5, 0.6) is 0 Å². The Kier molecular flexibility index (Phi) is 3.08. The van der Waals surface area contributed by atoms with Gasteiger partial charge in [0.25, 0.3) is 0 Å². The van der Waals surface area contributed by atoms with Crippen LogP contribution < -0.4 is 5.32 Å². The molecular weight excluding hydrogens is 294 g/mol. The smallest absolute Gasteiger partial charge is 0.230 e. The Labute approximate surface area is 134 Å². The van der Waals surface area contributed by atoms with E-state index in [4.69, 9.17) is 0 Å². The molecule has 2 atom stereocenters. The Morgan fingerprint density at radius 2 is 2.18 bits per heavy atom. The summed E-state index contributed by atoms with van der Waals surface area (Å²) in [6, 6.07) is 8.55. The average Bonchev–Trinajstić information content (AvgIpc) is 2.86. The predicted molar refractivity (Wildman–Crippen MR) is 87.2 cm³/mol. The van der Waals surface area contributed by atoms with Crippen LogP contribution in [0.1, 0.15) is 48.7 Å². The third-order valence-corrected chi connectivity index (χ3v) is 6.09. The second-order valence-electron chi connectivity index (χ2n) is 6.66. The van der Waals surface area contributed by atoms with E-state index in [2.05, 4.69) is 53.6 Å². The van der Waals surface area contributed by atoms with Gasteiger partial charge in [0.1, 0.15) is 5.01 Å². The van der Waals surface area contributed by atoms with Crippen LogP contribution in [0, 0.1) is 5.92 Å². The molecule has 1 aromatic carbocycles. The molecule has 0 aliphatic heterocycles. The summed E-state index contributed by atoms with van der Waals surface area (Å²) >= 11 is 1.48. The summed E-state index contributed by atoms with van der Waals surface area (Å²) in [6.07, 6.45) is 3.15. The van der Waals surface area contributed by atoms with Crippen LogP contribution in [-0.4, -0.2) is 16.1 Å². The van der Waals surface area contributed by atoms with Gasteiger partial charge in [0.15, 0.2) is 0 Å². The van der Waals surface area contributed by atoms with E-state index in [1.54, 1.807) is 0 Å². The highest BCUT2D eigenvalue weighted by Gasteiger charge is 2.61. The molecule has 22 heavy (non-hydrogen) atoms. The molecule has 1 N–H and O–H groups in total. The highest BCUT2D eigenvalue weighted by Crippen LogP contribution is 2.61. The normalized spacial score (nSPS) is 25.5. The minimum atomic E-state index is 0.0857. The Hall–Kier alpha value is -1.75. The lowest BCUT2D eigenvalue weighted by atomic mass is 9.95. The average molecular weight is 313 g/mol. The molecule has 0 bridgehead atoms. The van der Waals surface area contributed by atoms with Crippen molar-refractivity contribution in [2.45, 2.75) is 44.4 Å². The van der Waals surface area contributed by atoms with Gasteiger partial charge in [-0.2, -0.15) is 0 Å². The third-order valence-electron chi connectivity index (χ3n) is 4.95. The monoisotopic (exact) mass is 313 g/mol. The minimum absolute atomic E-state index is 0.0857. The second kappa shape index (κ2) is 4.88. The van der Waals surface area contributed by atoms with E-state index in [-0.39, 0.29) is 17.2 Å². The first kappa shape index (κ1) is 13.9.